The lowest BCUT2D eigenvalue weighted by Gasteiger charge is -2.47. The first kappa shape index (κ1) is 33.4. The average molecular weight is 634 g/mol. The fraction of sp³-hybridized carbons (Fsp3) is 0.324. The Hall–Kier alpha value is -4.48. The number of carbonyl (C=O) groups excluding carboxylic acids is 3. The van der Waals surface area contributed by atoms with Crippen molar-refractivity contribution in [1.82, 2.24) is 14.3 Å². The zero-order valence-electron chi connectivity index (χ0n) is 26.0. The molecule has 3 aromatic rings. The number of aliphatic hydroxyl groups is 1. The molecule has 4 rings (SSSR count). The lowest BCUT2D eigenvalue weighted by Crippen LogP contribution is -2.64. The van der Waals surface area contributed by atoms with Gasteiger partial charge in [-0.25, -0.2) is 23.2 Å². The van der Waals surface area contributed by atoms with Gasteiger partial charge in [-0.2, -0.15) is 0 Å². The van der Waals surface area contributed by atoms with Crippen LogP contribution < -0.4 is 0 Å². The molecule has 1 aliphatic heterocycles. The van der Waals surface area contributed by atoms with Crippen molar-refractivity contribution in [3.05, 3.63) is 108 Å². The van der Waals surface area contributed by atoms with Crippen molar-refractivity contribution in [1.29, 1.82) is 0 Å². The molecule has 238 valence electrons. The van der Waals surface area contributed by atoms with E-state index in [1.165, 1.54) is 25.3 Å². The summed E-state index contributed by atoms with van der Waals surface area (Å²) < 4.78 is 34.4. The molecule has 0 aromatic heterocycles. The van der Waals surface area contributed by atoms with Crippen LogP contribution in [0.4, 0.5) is 0 Å². The van der Waals surface area contributed by atoms with Crippen molar-refractivity contribution in [2.24, 2.45) is 5.92 Å². The number of hydrazine groups is 1. The zero-order chi connectivity index (χ0) is 32.9. The number of aliphatic hydroxyl groups excluding tert-OH is 1. The Balaban J connectivity index is 1.96. The van der Waals surface area contributed by atoms with Crippen LogP contribution in [0, 0.1) is 5.92 Å². The van der Waals surface area contributed by atoms with Crippen LogP contribution in [0.2, 0.25) is 0 Å². The summed E-state index contributed by atoms with van der Waals surface area (Å²) in [6.45, 7) is 7.93. The lowest BCUT2D eigenvalue weighted by molar-refractivity contribution is -0.177. The van der Waals surface area contributed by atoms with Crippen molar-refractivity contribution in [2.75, 3.05) is 0 Å². The number of benzene rings is 3. The van der Waals surface area contributed by atoms with Crippen LogP contribution in [0.25, 0.3) is 5.70 Å². The first-order chi connectivity index (χ1) is 21.3. The Morgan fingerprint density at radius 1 is 0.889 bits per heavy atom. The topological polar surface area (TPSA) is 125 Å². The van der Waals surface area contributed by atoms with E-state index in [1.54, 1.807) is 100 Å². The quantitative estimate of drug-likeness (QED) is 0.314. The predicted molar refractivity (Wildman–Crippen MR) is 169 cm³/mol. The number of amides is 2. The fourth-order valence-electron chi connectivity index (χ4n) is 5.32. The Kier molecular flexibility index (Phi) is 10.5. The van der Waals surface area contributed by atoms with Crippen LogP contribution in [-0.4, -0.2) is 69.9 Å². The second-order valence-corrected chi connectivity index (χ2v) is 13.3. The largest absolute Gasteiger partial charge is 0.461 e. The molecule has 0 fully saturated rings. The SMILES string of the molecule is CC(=O)N([C@@H](Cc1ccccc1)C(O)C(=O)OC(C)C)N1C(=O)C(C(C)C)N(S(=O)(=O)c2ccccc2)C=C1c1ccccc1. The van der Waals surface area contributed by atoms with Crippen molar-refractivity contribution in [2.45, 2.75) is 70.2 Å². The third-order valence-electron chi connectivity index (χ3n) is 7.33. The summed E-state index contributed by atoms with van der Waals surface area (Å²) in [6, 6.07) is 22.7. The van der Waals surface area contributed by atoms with Crippen LogP contribution in [0.15, 0.2) is 102 Å². The molecular formula is C34H39N3O7S. The highest BCUT2D eigenvalue weighted by atomic mass is 32.2. The minimum atomic E-state index is -4.23. The molecule has 1 heterocycles. The third kappa shape index (κ3) is 7.26. The maximum absolute atomic E-state index is 14.7. The van der Waals surface area contributed by atoms with Crippen LogP contribution in [0.5, 0.6) is 0 Å². The monoisotopic (exact) mass is 633 g/mol. The molecule has 0 radical (unpaired) electrons. The number of hydrogen-bond donors (Lipinski definition) is 1. The molecule has 1 N–H and O–H groups in total. The molecule has 0 saturated heterocycles. The van der Waals surface area contributed by atoms with Crippen LogP contribution >= 0.6 is 0 Å². The number of ether oxygens (including phenoxy) is 1. The van der Waals surface area contributed by atoms with E-state index in [0.29, 0.717) is 11.1 Å². The fourth-order valence-corrected chi connectivity index (χ4v) is 6.93. The van der Waals surface area contributed by atoms with Crippen LogP contribution in [-0.2, 0) is 35.6 Å². The number of sulfonamides is 1. The van der Waals surface area contributed by atoms with Gasteiger partial charge >= 0.3 is 5.97 Å². The standard InChI is InChI=1S/C34H39N3O7S/c1-23(2)31-33(40)37(30(27-17-11-7-12-18-27)22-35(31)45(42,43)28-19-13-8-14-20-28)36(25(5)38)29(21-26-15-9-6-10-16-26)32(39)34(41)44-24(3)4/h6-20,22-24,29,31-32,39H,21H2,1-5H3/t29-,31?,32?/m0/s1. The highest BCUT2D eigenvalue weighted by Gasteiger charge is 2.49. The molecule has 10 nitrogen and oxygen atoms in total. The molecule has 2 unspecified atom stereocenters. The van der Waals surface area contributed by atoms with Gasteiger partial charge < -0.3 is 9.84 Å². The number of rotatable bonds is 11. The minimum Gasteiger partial charge on any atom is -0.461 e. The van der Waals surface area contributed by atoms with Gasteiger partial charge in [0.05, 0.1) is 22.7 Å². The van der Waals surface area contributed by atoms with E-state index in [2.05, 4.69) is 0 Å². The van der Waals surface area contributed by atoms with Gasteiger partial charge in [-0.3, -0.25) is 13.9 Å². The highest BCUT2D eigenvalue weighted by molar-refractivity contribution is 7.89. The Morgan fingerprint density at radius 2 is 1.42 bits per heavy atom. The average Bonchev–Trinajstić information content (AvgIpc) is 3.01. The van der Waals surface area contributed by atoms with Gasteiger partial charge in [0.15, 0.2) is 6.10 Å². The second-order valence-electron chi connectivity index (χ2n) is 11.4. The number of carbonyl (C=O) groups is 3. The van der Waals surface area contributed by atoms with Crippen LogP contribution in [0.3, 0.4) is 0 Å². The maximum Gasteiger partial charge on any atom is 0.337 e. The Morgan fingerprint density at radius 3 is 1.93 bits per heavy atom. The van der Waals surface area contributed by atoms with Gasteiger partial charge in [-0.05, 0) is 43.9 Å². The first-order valence-electron chi connectivity index (χ1n) is 14.8. The molecule has 0 bridgehead atoms. The van der Waals surface area contributed by atoms with E-state index in [1.807, 2.05) is 6.07 Å². The summed E-state index contributed by atoms with van der Waals surface area (Å²) in [7, 11) is -4.23. The lowest BCUT2D eigenvalue weighted by atomic mass is 9.98. The van der Waals surface area contributed by atoms with Gasteiger partial charge in [0.25, 0.3) is 15.9 Å². The van der Waals surface area contributed by atoms with Crippen molar-refractivity contribution < 1.29 is 32.6 Å². The van der Waals surface area contributed by atoms with E-state index in [0.717, 1.165) is 14.3 Å². The summed E-state index contributed by atoms with van der Waals surface area (Å²) in [4.78, 5) is 41.5. The Labute approximate surface area is 264 Å². The van der Waals surface area contributed by atoms with Gasteiger partial charge in [0.2, 0.25) is 5.91 Å². The molecule has 45 heavy (non-hydrogen) atoms. The molecule has 11 heteroatoms. The third-order valence-corrected chi connectivity index (χ3v) is 9.09. The minimum absolute atomic E-state index is 0.00204. The summed E-state index contributed by atoms with van der Waals surface area (Å²) in [5.74, 6) is -2.86. The second kappa shape index (κ2) is 14.1. The zero-order valence-corrected chi connectivity index (χ0v) is 26.8. The van der Waals surface area contributed by atoms with E-state index >= 15 is 0 Å². The van der Waals surface area contributed by atoms with E-state index < -0.39 is 58.0 Å². The summed E-state index contributed by atoms with van der Waals surface area (Å²) in [5, 5.41) is 13.6. The molecule has 0 aliphatic carbocycles. The van der Waals surface area contributed by atoms with E-state index in [4.69, 9.17) is 4.74 Å². The van der Waals surface area contributed by atoms with Gasteiger partial charge in [-0.1, -0.05) is 92.7 Å². The Bertz CT molecular complexity index is 1630. The van der Waals surface area contributed by atoms with E-state index in [-0.39, 0.29) is 17.0 Å². The predicted octanol–water partition coefficient (Wildman–Crippen LogP) is 4.23. The van der Waals surface area contributed by atoms with E-state index in [9.17, 15) is 27.9 Å². The molecule has 0 spiro atoms. The highest BCUT2D eigenvalue weighted by Crippen LogP contribution is 2.36. The van der Waals surface area contributed by atoms with Crippen molar-refractivity contribution in [3.8, 4) is 0 Å². The maximum atomic E-state index is 14.7. The van der Waals surface area contributed by atoms with Crippen molar-refractivity contribution in [3.63, 3.8) is 0 Å². The smallest absolute Gasteiger partial charge is 0.337 e. The molecule has 3 atom stereocenters. The van der Waals surface area contributed by atoms with Gasteiger partial charge in [-0.15, -0.1) is 0 Å². The number of nitrogens with zero attached hydrogens (tertiary/aromatic N) is 3. The van der Waals surface area contributed by atoms with Gasteiger partial charge in [0, 0.05) is 18.7 Å². The molecule has 0 saturated carbocycles. The molecular weight excluding hydrogens is 594 g/mol. The molecule has 2 amide bonds. The van der Waals surface area contributed by atoms with Crippen molar-refractivity contribution >= 4 is 33.5 Å². The first-order valence-corrected chi connectivity index (χ1v) is 16.2. The molecule has 1 aliphatic rings. The number of hydrogen-bond acceptors (Lipinski definition) is 7. The molecule has 3 aromatic carbocycles. The summed E-state index contributed by atoms with van der Waals surface area (Å²) in [5.41, 5.74) is 1.20. The summed E-state index contributed by atoms with van der Waals surface area (Å²) in [6.07, 6.45) is -1.06. The normalized spacial score (nSPS) is 16.8. The number of esters is 1. The van der Waals surface area contributed by atoms with Crippen LogP contribution in [0.1, 0.15) is 45.7 Å². The van der Waals surface area contributed by atoms with Gasteiger partial charge in [0.1, 0.15) is 6.04 Å². The summed E-state index contributed by atoms with van der Waals surface area (Å²) >= 11 is 0.